The van der Waals surface area contributed by atoms with Crippen molar-refractivity contribution in [1.29, 1.82) is 0 Å². The Morgan fingerprint density at radius 1 is 1.19 bits per heavy atom. The van der Waals surface area contributed by atoms with E-state index in [1.54, 1.807) is 12.4 Å². The van der Waals surface area contributed by atoms with E-state index in [9.17, 15) is 20.2 Å². The molecule has 2 aromatic heterocycles. The molecule has 0 aliphatic heterocycles. The Morgan fingerprint density at radius 3 is 2.45 bits per heavy atom. The fourth-order valence-electron chi connectivity index (χ4n) is 2.71. The quantitative estimate of drug-likeness (QED) is 0.288. The number of rotatable bonds is 11. The minimum Gasteiger partial charge on any atom is -0.416 e. The van der Waals surface area contributed by atoms with E-state index < -0.39 is 29.9 Å². The van der Waals surface area contributed by atoms with E-state index >= 15 is 0 Å². The summed E-state index contributed by atoms with van der Waals surface area (Å²) < 4.78 is 7.49. The Morgan fingerprint density at radius 2 is 1.90 bits per heavy atom. The Kier molecular flexibility index (Phi) is 7.98. The zero-order valence-corrected chi connectivity index (χ0v) is 19.6. The third-order valence-corrected chi connectivity index (χ3v) is 10.1. The zero-order chi connectivity index (χ0) is 23.2. The van der Waals surface area contributed by atoms with Crippen LogP contribution >= 0.6 is 0 Å². The van der Waals surface area contributed by atoms with Crippen LogP contribution in [-0.4, -0.2) is 57.3 Å². The highest BCUT2D eigenvalue weighted by Gasteiger charge is 2.37. The van der Waals surface area contributed by atoms with Crippen molar-refractivity contribution < 1.29 is 14.3 Å². The number of aromatic nitrogens is 3. The molecule has 0 aromatic carbocycles. The van der Waals surface area contributed by atoms with Crippen LogP contribution in [0.4, 0.5) is 11.8 Å². The summed E-state index contributed by atoms with van der Waals surface area (Å²) in [5.41, 5.74) is 1.00. The molecule has 0 spiro atoms. The van der Waals surface area contributed by atoms with Gasteiger partial charge in [-0.25, -0.2) is 4.57 Å². The summed E-state index contributed by atoms with van der Waals surface area (Å²) in [7, 11) is -1.90. The maximum Gasteiger partial charge on any atom is 0.439 e. The molecule has 31 heavy (non-hydrogen) atoms. The molecular weight excluding hydrogens is 420 g/mol. The van der Waals surface area contributed by atoms with Crippen LogP contribution in [0, 0.1) is 20.2 Å². The molecular formula is C19H30N6O5Si. The molecule has 0 amide bonds. The second-order valence-electron chi connectivity index (χ2n) is 8.85. The van der Waals surface area contributed by atoms with Crippen LogP contribution in [0.3, 0.4) is 0 Å². The third kappa shape index (κ3) is 6.91. The molecule has 0 aliphatic rings. The maximum absolute atomic E-state index is 11.2. The minimum atomic E-state index is -1.90. The predicted molar refractivity (Wildman–Crippen MR) is 118 cm³/mol. The van der Waals surface area contributed by atoms with E-state index in [1.807, 2.05) is 12.1 Å². The monoisotopic (exact) mass is 450 g/mol. The topological polar surface area (TPSA) is 129 Å². The lowest BCUT2D eigenvalue weighted by Crippen LogP contribution is -2.43. The van der Waals surface area contributed by atoms with Gasteiger partial charge >= 0.3 is 11.8 Å². The summed E-state index contributed by atoms with van der Waals surface area (Å²) in [6, 6.07) is 3.81. The minimum absolute atomic E-state index is 0.0948. The largest absolute Gasteiger partial charge is 0.439 e. The lowest BCUT2D eigenvalue weighted by Gasteiger charge is -2.36. The molecule has 0 fully saturated rings. The van der Waals surface area contributed by atoms with Crippen molar-refractivity contribution in [1.82, 2.24) is 19.4 Å². The molecule has 2 rings (SSSR count). The highest BCUT2D eigenvalue weighted by Crippen LogP contribution is 2.36. The molecule has 0 N–H and O–H groups in total. The number of nitrogens with zero attached hydrogens (tertiary/aromatic N) is 6. The molecule has 0 saturated heterocycles. The summed E-state index contributed by atoms with van der Waals surface area (Å²) in [6.45, 7) is 13.3. The molecule has 11 nitrogen and oxygen atoms in total. The van der Waals surface area contributed by atoms with E-state index in [0.717, 1.165) is 11.8 Å². The maximum atomic E-state index is 11.2. The van der Waals surface area contributed by atoms with Gasteiger partial charge in [0.1, 0.15) is 0 Å². The van der Waals surface area contributed by atoms with Gasteiger partial charge in [-0.05, 0) is 44.6 Å². The lowest BCUT2D eigenvalue weighted by atomic mass is 10.2. The average Bonchev–Trinajstić information content (AvgIpc) is 3.11. The van der Waals surface area contributed by atoms with E-state index in [2.05, 4.69) is 48.7 Å². The van der Waals surface area contributed by atoms with E-state index in [-0.39, 0.29) is 11.6 Å². The molecule has 2 aromatic rings. The van der Waals surface area contributed by atoms with Crippen molar-refractivity contribution in [3.63, 3.8) is 0 Å². The van der Waals surface area contributed by atoms with Crippen LogP contribution in [0.2, 0.25) is 18.1 Å². The molecule has 0 aliphatic carbocycles. The van der Waals surface area contributed by atoms with Crippen LogP contribution in [0.25, 0.3) is 0 Å². The fraction of sp³-hybridized carbons (Fsp3) is 0.579. The molecule has 0 unspecified atom stereocenters. The SMILES string of the molecule is CC(C)(C)[Si](C)(C)OCCN(CCn1cc([N+](=O)[O-])nc1[N+](=O)[O-])Cc1cccnc1. The summed E-state index contributed by atoms with van der Waals surface area (Å²) >= 11 is 0. The van der Waals surface area contributed by atoms with Gasteiger partial charge < -0.3 is 24.7 Å². The molecule has 0 saturated carbocycles. The number of imidazole rings is 1. The molecule has 0 bridgehead atoms. The average molecular weight is 451 g/mol. The van der Waals surface area contributed by atoms with Crippen LogP contribution < -0.4 is 0 Å². The highest BCUT2D eigenvalue weighted by molar-refractivity contribution is 6.74. The van der Waals surface area contributed by atoms with Crippen molar-refractivity contribution in [3.05, 3.63) is 56.5 Å². The van der Waals surface area contributed by atoms with Crippen molar-refractivity contribution in [2.75, 3.05) is 19.7 Å². The summed E-state index contributed by atoms with van der Waals surface area (Å²) in [5, 5.41) is 22.3. The van der Waals surface area contributed by atoms with E-state index in [0.29, 0.717) is 26.2 Å². The van der Waals surface area contributed by atoms with E-state index in [1.165, 1.54) is 4.57 Å². The second kappa shape index (κ2) is 10.1. The number of hydrogen-bond donors (Lipinski definition) is 0. The third-order valence-electron chi connectivity index (χ3n) is 5.56. The van der Waals surface area contributed by atoms with Gasteiger partial charge in [-0.2, -0.15) is 0 Å². The van der Waals surface area contributed by atoms with Crippen molar-refractivity contribution in [3.8, 4) is 0 Å². The van der Waals surface area contributed by atoms with Crippen LogP contribution in [0.15, 0.2) is 30.7 Å². The smallest absolute Gasteiger partial charge is 0.416 e. The summed E-state index contributed by atoms with van der Waals surface area (Å²) in [6.07, 6.45) is 4.57. The molecule has 12 heteroatoms. The first-order valence-corrected chi connectivity index (χ1v) is 12.9. The van der Waals surface area contributed by atoms with Gasteiger partial charge in [0.15, 0.2) is 14.5 Å². The van der Waals surface area contributed by atoms with Crippen molar-refractivity contribution >= 4 is 20.1 Å². The van der Waals surface area contributed by atoms with Gasteiger partial charge in [0.05, 0.1) is 6.54 Å². The van der Waals surface area contributed by atoms with Crippen molar-refractivity contribution in [2.24, 2.45) is 0 Å². The number of nitro groups is 2. The number of hydrogen-bond acceptors (Lipinski definition) is 8. The van der Waals surface area contributed by atoms with Gasteiger partial charge in [-0.15, -0.1) is 0 Å². The standard InChI is InChI=1S/C19H30N6O5Si/c1-19(2,3)31(4,5)30-12-11-22(14-16-7-6-8-20-13-16)9-10-23-15-17(24(26)27)21-18(23)25(28)29/h6-8,13,15H,9-12,14H2,1-5H3. The zero-order valence-electron chi connectivity index (χ0n) is 18.6. The predicted octanol–water partition coefficient (Wildman–Crippen LogP) is 3.62. The fourth-order valence-corrected chi connectivity index (χ4v) is 3.74. The molecule has 0 radical (unpaired) electrons. The first-order valence-electron chi connectivity index (χ1n) is 10.0. The van der Waals surface area contributed by atoms with Crippen LogP contribution in [-0.2, 0) is 17.5 Å². The summed E-state index contributed by atoms with van der Waals surface area (Å²) in [4.78, 5) is 30.5. The Labute approximate surface area is 182 Å². The molecule has 170 valence electrons. The Bertz CT molecular complexity index is 897. The summed E-state index contributed by atoms with van der Waals surface area (Å²) in [5.74, 6) is -1.07. The van der Waals surface area contributed by atoms with E-state index in [4.69, 9.17) is 4.43 Å². The lowest BCUT2D eigenvalue weighted by molar-refractivity contribution is -0.403. The normalized spacial score (nSPS) is 12.3. The highest BCUT2D eigenvalue weighted by atomic mass is 28.4. The second-order valence-corrected chi connectivity index (χ2v) is 13.7. The Balaban J connectivity index is 2.10. The van der Waals surface area contributed by atoms with Gasteiger partial charge in [0.25, 0.3) is 0 Å². The van der Waals surface area contributed by atoms with Crippen LogP contribution in [0.5, 0.6) is 0 Å². The van der Waals surface area contributed by atoms with Gasteiger partial charge in [0.2, 0.25) is 0 Å². The first-order chi connectivity index (χ1) is 14.4. The van der Waals surface area contributed by atoms with Gasteiger partial charge in [-0.1, -0.05) is 26.8 Å². The molecule has 0 atom stereocenters. The first kappa shape index (κ1) is 24.6. The van der Waals surface area contributed by atoms with Crippen LogP contribution in [0.1, 0.15) is 26.3 Å². The molecule has 2 heterocycles. The number of pyridine rings is 1. The van der Waals surface area contributed by atoms with Gasteiger partial charge in [0, 0.05) is 38.6 Å². The van der Waals surface area contributed by atoms with Gasteiger partial charge in [-0.3, -0.25) is 9.88 Å². The Hall–Kier alpha value is -2.70. The van der Waals surface area contributed by atoms with Crippen molar-refractivity contribution in [2.45, 2.75) is 52.0 Å².